The van der Waals surface area contributed by atoms with E-state index in [-0.39, 0.29) is 30.4 Å². The molecule has 0 bridgehead atoms. The minimum atomic E-state index is -0.391. The molecule has 1 aliphatic heterocycles. The van der Waals surface area contributed by atoms with Gasteiger partial charge in [0.2, 0.25) is 0 Å². The number of allylic oxidation sites excluding steroid dienone is 6. The van der Waals surface area contributed by atoms with E-state index >= 15 is 0 Å². The predicted octanol–water partition coefficient (Wildman–Crippen LogP) is 5.87. The maximum absolute atomic E-state index is 12.2. The Hall–Kier alpha value is -1.68. The van der Waals surface area contributed by atoms with Crippen LogP contribution in [0.25, 0.3) is 0 Å². The van der Waals surface area contributed by atoms with Crippen LogP contribution in [-0.2, 0) is 19.1 Å². The van der Waals surface area contributed by atoms with E-state index < -0.39 is 5.41 Å². The molecule has 0 aromatic carbocycles. The molecule has 2 rings (SSSR count). The Morgan fingerprint density at radius 2 is 1.69 bits per heavy atom. The average molecular weight is 403 g/mol. The second-order valence-electron chi connectivity index (χ2n) is 8.94. The van der Waals surface area contributed by atoms with Crippen LogP contribution in [0.2, 0.25) is 0 Å². The van der Waals surface area contributed by atoms with E-state index in [1.165, 1.54) is 16.7 Å². The quantitative estimate of drug-likeness (QED) is 0.339. The van der Waals surface area contributed by atoms with Crippen molar-refractivity contribution in [2.24, 2.45) is 5.41 Å². The normalized spacial score (nSPS) is 27.6. The summed E-state index contributed by atoms with van der Waals surface area (Å²) in [6, 6.07) is 0. The first-order valence-corrected chi connectivity index (χ1v) is 11.0. The van der Waals surface area contributed by atoms with Crippen LogP contribution in [0.3, 0.4) is 0 Å². The Balaban J connectivity index is 1.97. The van der Waals surface area contributed by atoms with Gasteiger partial charge in [-0.1, -0.05) is 34.9 Å². The topological polar surface area (TPSA) is 52.6 Å². The number of fused-ring (bicyclic) bond motifs is 1. The molecule has 0 radical (unpaired) electrons. The summed E-state index contributed by atoms with van der Waals surface area (Å²) >= 11 is 0. The number of hydrogen-bond acceptors (Lipinski definition) is 4. The summed E-state index contributed by atoms with van der Waals surface area (Å²) in [6.07, 6.45) is 12.3. The van der Waals surface area contributed by atoms with Gasteiger partial charge in [0.05, 0.1) is 12.5 Å². The van der Waals surface area contributed by atoms with Gasteiger partial charge < -0.3 is 9.47 Å². The number of hydrogen-bond donors (Lipinski definition) is 0. The molecule has 3 atom stereocenters. The van der Waals surface area contributed by atoms with E-state index in [1.807, 2.05) is 6.92 Å². The van der Waals surface area contributed by atoms with Crippen molar-refractivity contribution in [3.05, 3.63) is 34.9 Å². The zero-order valence-corrected chi connectivity index (χ0v) is 18.9. The Morgan fingerprint density at radius 1 is 1.03 bits per heavy atom. The van der Waals surface area contributed by atoms with Crippen LogP contribution in [0.15, 0.2) is 34.9 Å². The summed E-state index contributed by atoms with van der Waals surface area (Å²) in [4.78, 5) is 24.2. The monoisotopic (exact) mass is 402 g/mol. The molecule has 29 heavy (non-hydrogen) atoms. The third kappa shape index (κ3) is 6.67. The largest absolute Gasteiger partial charge is 0.461 e. The number of esters is 1. The molecular weight excluding hydrogens is 364 g/mol. The van der Waals surface area contributed by atoms with E-state index in [0.29, 0.717) is 19.4 Å². The zero-order chi connectivity index (χ0) is 21.4. The number of rotatable bonds is 10. The van der Waals surface area contributed by atoms with Crippen molar-refractivity contribution in [2.75, 3.05) is 6.61 Å². The molecule has 0 N–H and O–H groups in total. The maximum atomic E-state index is 12.2. The minimum Gasteiger partial charge on any atom is -0.461 e. The van der Waals surface area contributed by atoms with E-state index in [2.05, 4.69) is 45.9 Å². The molecule has 4 nitrogen and oxygen atoms in total. The van der Waals surface area contributed by atoms with E-state index in [0.717, 1.165) is 32.1 Å². The van der Waals surface area contributed by atoms with Crippen molar-refractivity contribution in [1.82, 2.24) is 0 Å². The summed E-state index contributed by atoms with van der Waals surface area (Å²) in [7, 11) is 0. The fourth-order valence-electron chi connectivity index (χ4n) is 4.47. The molecular formula is C25H38O4. The van der Waals surface area contributed by atoms with Crippen molar-refractivity contribution in [2.45, 2.75) is 98.2 Å². The molecule has 162 valence electrons. The Kier molecular flexibility index (Phi) is 8.88. The van der Waals surface area contributed by atoms with E-state index in [4.69, 9.17) is 9.47 Å². The molecule has 1 saturated carbocycles. The molecule has 0 aromatic heterocycles. The van der Waals surface area contributed by atoms with E-state index in [9.17, 15) is 9.59 Å². The lowest BCUT2D eigenvalue weighted by molar-refractivity contribution is -0.186. The Morgan fingerprint density at radius 3 is 2.34 bits per heavy atom. The van der Waals surface area contributed by atoms with Crippen molar-refractivity contribution in [3.8, 4) is 0 Å². The number of Topliss-reactive ketones (excluding diaryl/α,β-unsaturated/α-hetero) is 1. The maximum Gasteiger partial charge on any atom is 0.308 e. The first-order valence-electron chi connectivity index (χ1n) is 11.0. The summed E-state index contributed by atoms with van der Waals surface area (Å²) in [5.74, 6) is -0.0661. The van der Waals surface area contributed by atoms with Crippen LogP contribution in [0.5, 0.6) is 0 Å². The standard InChI is InChI=1S/C25H38O4/c1-6-28-22-16-24(27)29-23-15-21(26)17-25(22,23)14-13-20(5)12-8-11-19(4)10-7-9-18(2)3/h9,11,13,22-23H,6-8,10,12,14-17H2,1-5H3/b19-11+,20-13+/t22-,23-,25-/m1/s1. The molecule has 0 spiro atoms. The highest BCUT2D eigenvalue weighted by atomic mass is 16.6. The molecule has 0 aromatic rings. The SMILES string of the molecule is CCO[C@@H]1CC(=O)O[C@@H]2CC(=O)C[C@]12C/C=C(\C)CC/C=C(\C)CCC=C(C)C. The van der Waals surface area contributed by atoms with Crippen LogP contribution in [0.1, 0.15) is 86.0 Å². The first-order chi connectivity index (χ1) is 13.8. The highest BCUT2D eigenvalue weighted by Crippen LogP contribution is 2.49. The van der Waals surface area contributed by atoms with Crippen LogP contribution in [0, 0.1) is 5.41 Å². The van der Waals surface area contributed by atoms with Gasteiger partial charge in [-0.05, 0) is 66.7 Å². The van der Waals surface area contributed by atoms with Crippen molar-refractivity contribution in [3.63, 3.8) is 0 Å². The molecule has 2 fully saturated rings. The van der Waals surface area contributed by atoms with Gasteiger partial charge in [-0.3, -0.25) is 9.59 Å². The van der Waals surface area contributed by atoms with Gasteiger partial charge in [-0.25, -0.2) is 0 Å². The van der Waals surface area contributed by atoms with E-state index in [1.54, 1.807) is 0 Å². The molecule has 4 heteroatoms. The average Bonchev–Trinajstić information content (AvgIpc) is 2.96. The molecule has 1 saturated heterocycles. The van der Waals surface area contributed by atoms with Crippen molar-refractivity contribution in [1.29, 1.82) is 0 Å². The van der Waals surface area contributed by atoms with Crippen LogP contribution in [-0.4, -0.2) is 30.6 Å². The van der Waals surface area contributed by atoms with Gasteiger partial charge in [0.15, 0.2) is 0 Å². The summed E-state index contributed by atoms with van der Waals surface area (Å²) in [5.41, 5.74) is 3.74. The number of ether oxygens (including phenoxy) is 2. The molecule has 0 amide bonds. The van der Waals surface area contributed by atoms with Gasteiger partial charge in [-0.2, -0.15) is 0 Å². The molecule has 1 heterocycles. The fraction of sp³-hybridized carbons (Fsp3) is 0.680. The van der Waals surface area contributed by atoms with Gasteiger partial charge in [0.25, 0.3) is 0 Å². The Labute approximate surface area is 176 Å². The fourth-order valence-corrected chi connectivity index (χ4v) is 4.47. The highest BCUT2D eigenvalue weighted by molar-refractivity contribution is 5.84. The van der Waals surface area contributed by atoms with Crippen molar-refractivity contribution < 1.29 is 19.1 Å². The Bertz CT molecular complexity index is 681. The lowest BCUT2D eigenvalue weighted by Gasteiger charge is -2.43. The second kappa shape index (κ2) is 10.9. The third-order valence-electron chi connectivity index (χ3n) is 6.17. The van der Waals surface area contributed by atoms with Crippen LogP contribution in [0.4, 0.5) is 0 Å². The summed E-state index contributed by atoms with van der Waals surface area (Å²) in [6.45, 7) is 11.1. The lowest BCUT2D eigenvalue weighted by atomic mass is 9.72. The predicted molar refractivity (Wildman–Crippen MR) is 117 cm³/mol. The second-order valence-corrected chi connectivity index (χ2v) is 8.94. The number of carbonyl (C=O) groups excluding carboxylic acids is 2. The summed E-state index contributed by atoms with van der Waals surface area (Å²) in [5, 5.41) is 0. The van der Waals surface area contributed by atoms with Gasteiger partial charge in [0.1, 0.15) is 11.9 Å². The van der Waals surface area contributed by atoms with Crippen molar-refractivity contribution >= 4 is 11.8 Å². The van der Waals surface area contributed by atoms with Gasteiger partial charge in [-0.15, -0.1) is 0 Å². The zero-order valence-electron chi connectivity index (χ0n) is 18.9. The van der Waals surface area contributed by atoms with Crippen LogP contribution >= 0.6 is 0 Å². The molecule has 1 aliphatic carbocycles. The summed E-state index contributed by atoms with van der Waals surface area (Å²) < 4.78 is 11.5. The van der Waals surface area contributed by atoms with Gasteiger partial charge >= 0.3 is 5.97 Å². The first kappa shape index (κ1) is 23.6. The minimum absolute atomic E-state index is 0.176. The smallest absolute Gasteiger partial charge is 0.308 e. The molecule has 2 aliphatic rings. The molecule has 0 unspecified atom stereocenters. The number of ketones is 1. The third-order valence-corrected chi connectivity index (χ3v) is 6.17. The lowest BCUT2D eigenvalue weighted by Crippen LogP contribution is -2.50. The van der Waals surface area contributed by atoms with Gasteiger partial charge in [0, 0.05) is 24.9 Å². The number of carbonyl (C=O) groups is 2. The highest BCUT2D eigenvalue weighted by Gasteiger charge is 2.57. The van der Waals surface area contributed by atoms with Crippen LogP contribution < -0.4 is 0 Å².